The average molecular weight is 251 g/mol. The van der Waals surface area contributed by atoms with E-state index in [2.05, 4.69) is 12.2 Å². The van der Waals surface area contributed by atoms with Crippen molar-refractivity contribution in [3.8, 4) is 0 Å². The van der Waals surface area contributed by atoms with E-state index >= 15 is 0 Å². The molecule has 1 fully saturated rings. The van der Waals surface area contributed by atoms with Crippen molar-refractivity contribution in [2.75, 3.05) is 13.2 Å². The van der Waals surface area contributed by atoms with Crippen LogP contribution >= 0.6 is 0 Å². The fourth-order valence-electron chi connectivity index (χ4n) is 2.53. The van der Waals surface area contributed by atoms with Crippen LogP contribution in [-0.2, 0) is 11.3 Å². The summed E-state index contributed by atoms with van der Waals surface area (Å²) in [5.74, 6) is 0.482. The summed E-state index contributed by atoms with van der Waals surface area (Å²) in [5.41, 5.74) is 1.71. The minimum absolute atomic E-state index is 0.120. The Balaban J connectivity index is 1.79. The molecule has 2 unspecified atom stereocenters. The highest BCUT2D eigenvalue weighted by atomic mass is 19.1. The smallest absolute Gasteiger partial charge is 0.126 e. The molecule has 0 radical (unpaired) electrons. The van der Waals surface area contributed by atoms with Crippen molar-refractivity contribution in [2.24, 2.45) is 5.92 Å². The molecule has 3 heteroatoms. The fourth-order valence-corrected chi connectivity index (χ4v) is 2.53. The number of rotatable bonds is 5. The summed E-state index contributed by atoms with van der Waals surface area (Å²) in [6.45, 7) is 6.51. The predicted octanol–water partition coefficient (Wildman–Crippen LogP) is 3.04. The predicted molar refractivity (Wildman–Crippen MR) is 71.0 cm³/mol. The topological polar surface area (TPSA) is 21.3 Å². The molecule has 1 heterocycles. The molecule has 0 aromatic heterocycles. The first-order valence-corrected chi connectivity index (χ1v) is 6.78. The van der Waals surface area contributed by atoms with Crippen LogP contribution in [0.5, 0.6) is 0 Å². The van der Waals surface area contributed by atoms with Gasteiger partial charge in [-0.15, -0.1) is 0 Å². The second kappa shape index (κ2) is 6.30. The standard InChI is InChI=1S/C15H22FNO/c1-3-15-13(6-7-18-15)10-17-9-12-5-4-11(2)14(16)8-12/h4-5,8,13,15,17H,3,6-7,9-10H2,1-2H3. The Labute approximate surface area is 109 Å². The summed E-state index contributed by atoms with van der Waals surface area (Å²) in [6, 6.07) is 5.43. The van der Waals surface area contributed by atoms with Gasteiger partial charge in [-0.1, -0.05) is 19.1 Å². The lowest BCUT2D eigenvalue weighted by molar-refractivity contribution is 0.0872. The third-order valence-electron chi connectivity index (χ3n) is 3.72. The number of ether oxygens (including phenoxy) is 1. The molecule has 0 amide bonds. The first-order chi connectivity index (χ1) is 8.70. The Morgan fingerprint density at radius 3 is 3.00 bits per heavy atom. The number of nitrogens with one attached hydrogen (secondary N) is 1. The highest BCUT2D eigenvalue weighted by molar-refractivity contribution is 5.23. The van der Waals surface area contributed by atoms with Crippen molar-refractivity contribution < 1.29 is 9.13 Å². The number of aryl methyl sites for hydroxylation is 1. The maximum Gasteiger partial charge on any atom is 0.126 e. The maximum absolute atomic E-state index is 13.4. The van der Waals surface area contributed by atoms with Crippen LogP contribution in [0.3, 0.4) is 0 Å². The minimum Gasteiger partial charge on any atom is -0.378 e. The van der Waals surface area contributed by atoms with Crippen LogP contribution in [0.2, 0.25) is 0 Å². The molecule has 0 bridgehead atoms. The van der Waals surface area contributed by atoms with Crippen molar-refractivity contribution in [3.05, 3.63) is 35.1 Å². The van der Waals surface area contributed by atoms with E-state index in [1.807, 2.05) is 12.1 Å². The van der Waals surface area contributed by atoms with E-state index in [0.717, 1.165) is 38.1 Å². The summed E-state index contributed by atoms with van der Waals surface area (Å²) in [7, 11) is 0. The Hall–Kier alpha value is -0.930. The van der Waals surface area contributed by atoms with E-state index in [-0.39, 0.29) is 5.82 Å². The van der Waals surface area contributed by atoms with Crippen molar-refractivity contribution in [3.63, 3.8) is 0 Å². The first kappa shape index (κ1) is 13.5. The Kier molecular flexibility index (Phi) is 4.72. The Bertz CT molecular complexity index is 394. The van der Waals surface area contributed by atoms with E-state index in [1.54, 1.807) is 13.0 Å². The quantitative estimate of drug-likeness (QED) is 0.868. The van der Waals surface area contributed by atoms with Crippen LogP contribution in [0.15, 0.2) is 18.2 Å². The van der Waals surface area contributed by atoms with Gasteiger partial charge in [0, 0.05) is 19.7 Å². The van der Waals surface area contributed by atoms with Gasteiger partial charge in [0.2, 0.25) is 0 Å². The zero-order chi connectivity index (χ0) is 13.0. The Morgan fingerprint density at radius 2 is 2.28 bits per heavy atom. The van der Waals surface area contributed by atoms with Crippen LogP contribution in [-0.4, -0.2) is 19.3 Å². The van der Waals surface area contributed by atoms with Crippen LogP contribution in [0.25, 0.3) is 0 Å². The highest BCUT2D eigenvalue weighted by Gasteiger charge is 2.25. The molecule has 0 aliphatic carbocycles. The normalized spacial score (nSPS) is 23.5. The molecule has 2 atom stereocenters. The van der Waals surface area contributed by atoms with Gasteiger partial charge in [-0.3, -0.25) is 0 Å². The zero-order valence-corrected chi connectivity index (χ0v) is 11.2. The van der Waals surface area contributed by atoms with E-state index in [1.165, 1.54) is 0 Å². The summed E-state index contributed by atoms with van der Waals surface area (Å²) >= 11 is 0. The van der Waals surface area contributed by atoms with Crippen LogP contribution in [0, 0.1) is 18.7 Å². The van der Waals surface area contributed by atoms with E-state index < -0.39 is 0 Å². The lowest BCUT2D eigenvalue weighted by Gasteiger charge is -2.17. The molecule has 1 aromatic carbocycles. The third-order valence-corrected chi connectivity index (χ3v) is 3.72. The first-order valence-electron chi connectivity index (χ1n) is 6.78. The molecule has 2 nitrogen and oxygen atoms in total. The molecule has 1 aliphatic heterocycles. The summed E-state index contributed by atoms with van der Waals surface area (Å²) in [4.78, 5) is 0. The van der Waals surface area contributed by atoms with Gasteiger partial charge >= 0.3 is 0 Å². The Morgan fingerprint density at radius 1 is 1.44 bits per heavy atom. The van der Waals surface area contributed by atoms with Gasteiger partial charge in [-0.2, -0.15) is 0 Å². The lowest BCUT2D eigenvalue weighted by atomic mass is 9.99. The second-order valence-electron chi connectivity index (χ2n) is 5.08. The summed E-state index contributed by atoms with van der Waals surface area (Å²) in [6.07, 6.45) is 2.60. The number of benzene rings is 1. The summed E-state index contributed by atoms with van der Waals surface area (Å²) in [5, 5.41) is 3.41. The monoisotopic (exact) mass is 251 g/mol. The van der Waals surface area contributed by atoms with Gasteiger partial charge in [0.25, 0.3) is 0 Å². The van der Waals surface area contributed by atoms with E-state index in [9.17, 15) is 4.39 Å². The average Bonchev–Trinajstić information content (AvgIpc) is 2.81. The maximum atomic E-state index is 13.4. The van der Waals surface area contributed by atoms with Crippen molar-refractivity contribution in [1.82, 2.24) is 5.32 Å². The molecule has 1 aliphatic rings. The molecule has 0 saturated carbocycles. The fraction of sp³-hybridized carbons (Fsp3) is 0.600. The molecule has 1 N–H and O–H groups in total. The summed E-state index contributed by atoms with van der Waals surface area (Å²) < 4.78 is 19.0. The largest absolute Gasteiger partial charge is 0.378 e. The van der Waals surface area contributed by atoms with Gasteiger partial charge < -0.3 is 10.1 Å². The zero-order valence-electron chi connectivity index (χ0n) is 11.2. The van der Waals surface area contributed by atoms with Crippen LogP contribution in [0.4, 0.5) is 4.39 Å². The number of hydrogen-bond acceptors (Lipinski definition) is 2. The minimum atomic E-state index is -0.120. The number of hydrogen-bond donors (Lipinski definition) is 1. The van der Waals surface area contributed by atoms with E-state index in [0.29, 0.717) is 17.6 Å². The second-order valence-corrected chi connectivity index (χ2v) is 5.08. The molecular weight excluding hydrogens is 229 g/mol. The molecule has 1 aromatic rings. The van der Waals surface area contributed by atoms with Gasteiger partial charge in [-0.05, 0) is 42.9 Å². The van der Waals surface area contributed by atoms with Gasteiger partial charge in [-0.25, -0.2) is 4.39 Å². The molecular formula is C15H22FNO. The molecule has 0 spiro atoms. The lowest BCUT2D eigenvalue weighted by Crippen LogP contribution is -2.28. The third kappa shape index (κ3) is 3.30. The van der Waals surface area contributed by atoms with E-state index in [4.69, 9.17) is 4.74 Å². The van der Waals surface area contributed by atoms with Crippen LogP contribution in [0.1, 0.15) is 30.9 Å². The molecule has 18 heavy (non-hydrogen) atoms. The molecule has 1 saturated heterocycles. The van der Waals surface area contributed by atoms with Crippen LogP contribution < -0.4 is 5.32 Å². The van der Waals surface area contributed by atoms with Crippen molar-refractivity contribution in [1.29, 1.82) is 0 Å². The number of halogens is 1. The van der Waals surface area contributed by atoms with Gasteiger partial charge in [0.15, 0.2) is 0 Å². The van der Waals surface area contributed by atoms with Gasteiger partial charge in [0.1, 0.15) is 5.82 Å². The molecule has 100 valence electrons. The highest BCUT2D eigenvalue weighted by Crippen LogP contribution is 2.22. The SMILES string of the molecule is CCC1OCCC1CNCc1ccc(C)c(F)c1. The molecule has 2 rings (SSSR count). The van der Waals surface area contributed by atoms with Gasteiger partial charge in [0.05, 0.1) is 6.10 Å². The van der Waals surface area contributed by atoms with Crippen molar-refractivity contribution in [2.45, 2.75) is 39.3 Å². The van der Waals surface area contributed by atoms with Crippen molar-refractivity contribution >= 4 is 0 Å².